The van der Waals surface area contributed by atoms with Gasteiger partial charge in [0, 0.05) is 19.7 Å². The predicted octanol–water partition coefficient (Wildman–Crippen LogP) is 2.06. The van der Waals surface area contributed by atoms with Gasteiger partial charge in [-0.05, 0) is 32.4 Å². The van der Waals surface area contributed by atoms with E-state index in [1.54, 1.807) is 13.0 Å². The van der Waals surface area contributed by atoms with Crippen molar-refractivity contribution < 1.29 is 14.3 Å². The molecule has 0 bridgehead atoms. The number of esters is 1. The van der Waals surface area contributed by atoms with Crippen molar-refractivity contribution in [2.45, 2.75) is 26.4 Å². The van der Waals surface area contributed by atoms with Crippen molar-refractivity contribution in [3.8, 4) is 0 Å². The second kappa shape index (κ2) is 6.61. The first-order chi connectivity index (χ1) is 9.63. The SMILES string of the molecule is CCOC(=O)c1cccc(N2CCCOC(C)C2)c1N. The highest BCUT2D eigenvalue weighted by atomic mass is 16.5. The Kier molecular flexibility index (Phi) is 4.84. The zero-order valence-electron chi connectivity index (χ0n) is 12.1. The van der Waals surface area contributed by atoms with Crippen molar-refractivity contribution >= 4 is 17.3 Å². The normalized spacial score (nSPS) is 19.5. The molecule has 110 valence electrons. The van der Waals surface area contributed by atoms with E-state index in [-0.39, 0.29) is 12.1 Å². The number of ether oxygens (including phenoxy) is 2. The van der Waals surface area contributed by atoms with Crippen LogP contribution in [0.4, 0.5) is 11.4 Å². The molecule has 5 heteroatoms. The molecule has 1 fully saturated rings. The molecule has 0 spiro atoms. The molecular formula is C15H22N2O3. The first kappa shape index (κ1) is 14.7. The number of benzene rings is 1. The number of carbonyl (C=O) groups excluding carboxylic acids is 1. The third-order valence-electron chi connectivity index (χ3n) is 3.37. The van der Waals surface area contributed by atoms with Crippen molar-refractivity contribution in [3.05, 3.63) is 23.8 Å². The highest BCUT2D eigenvalue weighted by Crippen LogP contribution is 2.28. The molecule has 1 unspecified atom stereocenters. The second-order valence-corrected chi connectivity index (χ2v) is 4.94. The maximum Gasteiger partial charge on any atom is 0.340 e. The third-order valence-corrected chi connectivity index (χ3v) is 3.37. The van der Waals surface area contributed by atoms with Gasteiger partial charge in [0.15, 0.2) is 0 Å². The number of nitrogens with two attached hydrogens (primary N) is 1. The number of hydrogen-bond acceptors (Lipinski definition) is 5. The zero-order valence-corrected chi connectivity index (χ0v) is 12.1. The van der Waals surface area contributed by atoms with Gasteiger partial charge in [-0.3, -0.25) is 0 Å². The van der Waals surface area contributed by atoms with Gasteiger partial charge in [-0.1, -0.05) is 6.07 Å². The van der Waals surface area contributed by atoms with Crippen LogP contribution in [-0.2, 0) is 9.47 Å². The summed E-state index contributed by atoms with van der Waals surface area (Å²) in [5.41, 5.74) is 7.96. The Hall–Kier alpha value is -1.75. The van der Waals surface area contributed by atoms with Gasteiger partial charge in [0.05, 0.1) is 29.6 Å². The molecule has 1 aromatic rings. The molecule has 1 atom stereocenters. The molecule has 0 saturated carbocycles. The molecule has 1 saturated heterocycles. The van der Waals surface area contributed by atoms with Gasteiger partial charge in [-0.2, -0.15) is 0 Å². The number of carbonyl (C=O) groups is 1. The van der Waals surface area contributed by atoms with Gasteiger partial charge in [0.1, 0.15) is 0 Å². The van der Waals surface area contributed by atoms with Crippen molar-refractivity contribution in [2.24, 2.45) is 0 Å². The largest absolute Gasteiger partial charge is 0.462 e. The minimum atomic E-state index is -0.369. The standard InChI is InChI=1S/C15H22N2O3/c1-3-19-15(18)12-6-4-7-13(14(12)16)17-8-5-9-20-11(2)10-17/h4,6-7,11H,3,5,8-10,16H2,1-2H3. The lowest BCUT2D eigenvalue weighted by molar-refractivity contribution is 0.0527. The molecular weight excluding hydrogens is 256 g/mol. The molecule has 1 heterocycles. The lowest BCUT2D eigenvalue weighted by Gasteiger charge is -2.26. The summed E-state index contributed by atoms with van der Waals surface area (Å²) in [5.74, 6) is -0.369. The molecule has 1 aliphatic rings. The summed E-state index contributed by atoms with van der Waals surface area (Å²) in [6.45, 7) is 6.58. The number of nitrogens with zero attached hydrogens (tertiary/aromatic N) is 1. The van der Waals surface area contributed by atoms with Crippen molar-refractivity contribution in [3.63, 3.8) is 0 Å². The molecule has 0 aliphatic carbocycles. The van der Waals surface area contributed by atoms with Crippen LogP contribution in [0, 0.1) is 0 Å². The average molecular weight is 278 g/mol. The van der Waals surface area contributed by atoms with Crippen LogP contribution in [-0.4, -0.2) is 38.4 Å². The van der Waals surface area contributed by atoms with Gasteiger partial charge in [0.2, 0.25) is 0 Å². The molecule has 20 heavy (non-hydrogen) atoms. The first-order valence-corrected chi connectivity index (χ1v) is 7.05. The number of hydrogen-bond donors (Lipinski definition) is 1. The second-order valence-electron chi connectivity index (χ2n) is 4.94. The van der Waals surface area contributed by atoms with E-state index in [1.807, 2.05) is 19.1 Å². The van der Waals surface area contributed by atoms with Crippen molar-refractivity contribution in [2.75, 3.05) is 36.9 Å². The fourth-order valence-electron chi connectivity index (χ4n) is 2.43. The summed E-state index contributed by atoms with van der Waals surface area (Å²) in [6, 6.07) is 5.49. The zero-order chi connectivity index (χ0) is 14.5. The first-order valence-electron chi connectivity index (χ1n) is 7.05. The molecule has 2 rings (SSSR count). The highest BCUT2D eigenvalue weighted by molar-refractivity contribution is 5.98. The fourth-order valence-corrected chi connectivity index (χ4v) is 2.43. The number of rotatable bonds is 3. The summed E-state index contributed by atoms with van der Waals surface area (Å²) in [4.78, 5) is 14.1. The molecule has 1 aromatic carbocycles. The maximum absolute atomic E-state index is 11.9. The Morgan fingerprint density at radius 3 is 3.10 bits per heavy atom. The fraction of sp³-hybridized carbons (Fsp3) is 0.533. The Labute approximate surface area is 119 Å². The van der Waals surface area contributed by atoms with Gasteiger partial charge in [-0.25, -0.2) is 4.79 Å². The summed E-state index contributed by atoms with van der Waals surface area (Å²) in [5, 5.41) is 0. The van der Waals surface area contributed by atoms with Crippen LogP contribution >= 0.6 is 0 Å². The Bertz CT molecular complexity index is 476. The van der Waals surface area contributed by atoms with Gasteiger partial charge in [0.25, 0.3) is 0 Å². The molecule has 0 amide bonds. The lowest BCUT2D eigenvalue weighted by atomic mass is 10.1. The molecule has 5 nitrogen and oxygen atoms in total. The summed E-state index contributed by atoms with van der Waals surface area (Å²) in [6.07, 6.45) is 1.11. The van der Waals surface area contributed by atoms with E-state index in [1.165, 1.54) is 0 Å². The maximum atomic E-state index is 11.9. The van der Waals surface area contributed by atoms with E-state index in [9.17, 15) is 4.79 Å². The molecule has 1 aliphatic heterocycles. The van der Waals surface area contributed by atoms with Crippen LogP contribution in [0.5, 0.6) is 0 Å². The van der Waals surface area contributed by atoms with Crippen LogP contribution in [0.15, 0.2) is 18.2 Å². The molecule has 2 N–H and O–H groups in total. The van der Waals surface area contributed by atoms with E-state index in [0.29, 0.717) is 17.9 Å². The highest BCUT2D eigenvalue weighted by Gasteiger charge is 2.20. The predicted molar refractivity (Wildman–Crippen MR) is 79.1 cm³/mol. The topological polar surface area (TPSA) is 64.8 Å². The van der Waals surface area contributed by atoms with Crippen LogP contribution in [0.1, 0.15) is 30.6 Å². The number of para-hydroxylation sites is 1. The minimum absolute atomic E-state index is 0.156. The lowest BCUT2D eigenvalue weighted by Crippen LogP contribution is -2.31. The Morgan fingerprint density at radius 1 is 1.55 bits per heavy atom. The van der Waals surface area contributed by atoms with E-state index in [0.717, 1.165) is 31.8 Å². The van der Waals surface area contributed by atoms with Gasteiger partial charge in [-0.15, -0.1) is 0 Å². The van der Waals surface area contributed by atoms with Crippen molar-refractivity contribution in [1.29, 1.82) is 0 Å². The van der Waals surface area contributed by atoms with Gasteiger partial charge < -0.3 is 20.1 Å². The smallest absolute Gasteiger partial charge is 0.340 e. The van der Waals surface area contributed by atoms with Crippen LogP contribution in [0.25, 0.3) is 0 Å². The van der Waals surface area contributed by atoms with E-state index in [2.05, 4.69) is 4.90 Å². The minimum Gasteiger partial charge on any atom is -0.462 e. The number of anilines is 2. The quantitative estimate of drug-likeness (QED) is 0.677. The van der Waals surface area contributed by atoms with Gasteiger partial charge >= 0.3 is 5.97 Å². The molecule has 0 radical (unpaired) electrons. The monoisotopic (exact) mass is 278 g/mol. The Morgan fingerprint density at radius 2 is 2.35 bits per heavy atom. The van der Waals surface area contributed by atoms with E-state index < -0.39 is 0 Å². The third kappa shape index (κ3) is 3.22. The summed E-state index contributed by atoms with van der Waals surface area (Å²) in [7, 11) is 0. The van der Waals surface area contributed by atoms with E-state index >= 15 is 0 Å². The number of nitrogen functional groups attached to an aromatic ring is 1. The Balaban J connectivity index is 2.27. The van der Waals surface area contributed by atoms with Crippen LogP contribution in [0.3, 0.4) is 0 Å². The van der Waals surface area contributed by atoms with Crippen LogP contribution < -0.4 is 10.6 Å². The summed E-state index contributed by atoms with van der Waals surface area (Å²) >= 11 is 0. The van der Waals surface area contributed by atoms with Crippen LogP contribution in [0.2, 0.25) is 0 Å². The summed E-state index contributed by atoms with van der Waals surface area (Å²) < 4.78 is 10.7. The molecule has 0 aromatic heterocycles. The van der Waals surface area contributed by atoms with Crippen molar-refractivity contribution in [1.82, 2.24) is 0 Å². The average Bonchev–Trinajstić information content (AvgIpc) is 2.64. The van der Waals surface area contributed by atoms with E-state index in [4.69, 9.17) is 15.2 Å².